The van der Waals surface area contributed by atoms with E-state index in [0.717, 1.165) is 48.0 Å². The Kier molecular flexibility index (Phi) is 5.29. The molecule has 0 fully saturated rings. The lowest BCUT2D eigenvalue weighted by atomic mass is 9.86. The Morgan fingerprint density at radius 1 is 0.833 bits per heavy atom. The standard InChI is InChI=1S/C26H24ClN3/c27-21-14-9-15-22(18-21)30-26-23(16-7-8-17-28-26)25(29-30)24(19-10-3-1-4-11-19)20-12-5-2-6-13-20/h1-6,9-15,18,24,28H,7-8,16-17H2. The zero-order chi connectivity index (χ0) is 20.3. The topological polar surface area (TPSA) is 29.9 Å². The monoisotopic (exact) mass is 413 g/mol. The number of hydrogen-bond donors (Lipinski definition) is 1. The van der Waals surface area contributed by atoms with Gasteiger partial charge in [-0.3, -0.25) is 0 Å². The molecule has 3 nitrogen and oxygen atoms in total. The maximum Gasteiger partial charge on any atom is 0.133 e. The van der Waals surface area contributed by atoms with Crippen LogP contribution in [0.2, 0.25) is 5.02 Å². The van der Waals surface area contributed by atoms with Gasteiger partial charge in [0, 0.05) is 17.1 Å². The first-order valence-electron chi connectivity index (χ1n) is 10.5. The summed E-state index contributed by atoms with van der Waals surface area (Å²) in [6, 6.07) is 29.3. The van der Waals surface area contributed by atoms with Gasteiger partial charge >= 0.3 is 0 Å². The van der Waals surface area contributed by atoms with Crippen LogP contribution in [0.3, 0.4) is 0 Å². The molecular formula is C26H24ClN3. The molecule has 0 saturated carbocycles. The van der Waals surface area contributed by atoms with E-state index in [1.807, 2.05) is 22.9 Å². The van der Waals surface area contributed by atoms with Gasteiger partial charge < -0.3 is 5.32 Å². The number of halogens is 1. The maximum absolute atomic E-state index is 6.31. The third kappa shape index (κ3) is 3.61. The van der Waals surface area contributed by atoms with E-state index in [1.165, 1.54) is 16.7 Å². The van der Waals surface area contributed by atoms with E-state index in [4.69, 9.17) is 16.7 Å². The second-order valence-electron chi connectivity index (χ2n) is 7.74. The van der Waals surface area contributed by atoms with E-state index in [1.54, 1.807) is 0 Å². The van der Waals surface area contributed by atoms with Crippen LogP contribution in [0.1, 0.15) is 41.1 Å². The normalized spacial score (nSPS) is 13.5. The molecule has 0 spiro atoms. The van der Waals surface area contributed by atoms with Crippen molar-refractivity contribution in [2.75, 3.05) is 11.9 Å². The van der Waals surface area contributed by atoms with Gasteiger partial charge in [0.05, 0.1) is 17.3 Å². The van der Waals surface area contributed by atoms with Crippen LogP contribution in [0.5, 0.6) is 0 Å². The predicted octanol–water partition coefficient (Wildman–Crippen LogP) is 6.45. The van der Waals surface area contributed by atoms with Crippen LogP contribution in [0.25, 0.3) is 5.69 Å². The van der Waals surface area contributed by atoms with Gasteiger partial charge in [0.1, 0.15) is 5.82 Å². The van der Waals surface area contributed by atoms with Gasteiger partial charge in [-0.25, -0.2) is 4.68 Å². The quantitative estimate of drug-likeness (QED) is 0.416. The molecule has 0 aliphatic carbocycles. The molecule has 1 aliphatic heterocycles. The van der Waals surface area contributed by atoms with E-state index in [-0.39, 0.29) is 5.92 Å². The number of anilines is 1. The molecule has 5 rings (SSSR count). The second-order valence-corrected chi connectivity index (χ2v) is 8.18. The molecule has 150 valence electrons. The fourth-order valence-corrected chi connectivity index (χ4v) is 4.54. The molecular weight excluding hydrogens is 390 g/mol. The number of benzene rings is 3. The van der Waals surface area contributed by atoms with Crippen molar-refractivity contribution in [3.05, 3.63) is 112 Å². The Hall–Kier alpha value is -3.04. The molecule has 4 heteroatoms. The van der Waals surface area contributed by atoms with Crippen LogP contribution in [0.15, 0.2) is 84.9 Å². The van der Waals surface area contributed by atoms with Crippen LogP contribution in [-0.4, -0.2) is 16.3 Å². The summed E-state index contributed by atoms with van der Waals surface area (Å²) in [6.07, 6.45) is 3.34. The van der Waals surface area contributed by atoms with Crippen LogP contribution in [0.4, 0.5) is 5.82 Å². The number of rotatable bonds is 4. The molecule has 0 atom stereocenters. The van der Waals surface area contributed by atoms with Crippen LogP contribution >= 0.6 is 11.6 Å². The molecule has 30 heavy (non-hydrogen) atoms. The summed E-state index contributed by atoms with van der Waals surface area (Å²) in [5.41, 5.74) is 5.93. The predicted molar refractivity (Wildman–Crippen MR) is 124 cm³/mol. The van der Waals surface area contributed by atoms with Crippen molar-refractivity contribution in [2.45, 2.75) is 25.2 Å². The molecule has 2 heterocycles. The van der Waals surface area contributed by atoms with Crippen molar-refractivity contribution < 1.29 is 0 Å². The number of aromatic nitrogens is 2. The Morgan fingerprint density at radius 3 is 2.20 bits per heavy atom. The minimum absolute atomic E-state index is 0.0847. The fraction of sp³-hybridized carbons (Fsp3) is 0.192. The average Bonchev–Trinajstić information content (AvgIpc) is 2.96. The molecule has 0 unspecified atom stereocenters. The van der Waals surface area contributed by atoms with Crippen molar-refractivity contribution in [3.63, 3.8) is 0 Å². The Balaban J connectivity index is 1.74. The zero-order valence-electron chi connectivity index (χ0n) is 16.8. The van der Waals surface area contributed by atoms with Crippen molar-refractivity contribution in [2.24, 2.45) is 0 Å². The fourth-order valence-electron chi connectivity index (χ4n) is 4.35. The van der Waals surface area contributed by atoms with E-state index < -0.39 is 0 Å². The highest BCUT2D eigenvalue weighted by molar-refractivity contribution is 6.30. The van der Waals surface area contributed by atoms with Crippen molar-refractivity contribution in [1.29, 1.82) is 0 Å². The highest BCUT2D eigenvalue weighted by Gasteiger charge is 2.28. The lowest BCUT2D eigenvalue weighted by Gasteiger charge is -2.18. The van der Waals surface area contributed by atoms with Crippen molar-refractivity contribution in [1.82, 2.24) is 9.78 Å². The van der Waals surface area contributed by atoms with Crippen molar-refractivity contribution in [3.8, 4) is 5.69 Å². The summed E-state index contributed by atoms with van der Waals surface area (Å²) < 4.78 is 2.04. The lowest BCUT2D eigenvalue weighted by Crippen LogP contribution is -2.08. The van der Waals surface area contributed by atoms with Crippen LogP contribution < -0.4 is 5.32 Å². The SMILES string of the molecule is Clc1cccc(-n2nc(C(c3ccccc3)c3ccccc3)c3c2NCCCC3)c1. The van der Waals surface area contributed by atoms with Gasteiger partial charge in [-0.05, 0) is 48.6 Å². The summed E-state index contributed by atoms with van der Waals surface area (Å²) in [4.78, 5) is 0. The first-order chi connectivity index (χ1) is 14.8. The van der Waals surface area contributed by atoms with Gasteiger partial charge in [-0.1, -0.05) is 78.3 Å². The zero-order valence-corrected chi connectivity index (χ0v) is 17.5. The Morgan fingerprint density at radius 2 is 1.53 bits per heavy atom. The Labute approximate surface area is 182 Å². The number of hydrogen-bond acceptors (Lipinski definition) is 2. The third-order valence-corrected chi connectivity index (χ3v) is 5.99. The third-order valence-electron chi connectivity index (χ3n) is 5.75. The summed E-state index contributed by atoms with van der Waals surface area (Å²) in [5, 5.41) is 9.56. The van der Waals surface area contributed by atoms with Gasteiger partial charge in [-0.15, -0.1) is 0 Å². The molecule has 0 bridgehead atoms. The highest BCUT2D eigenvalue weighted by Crippen LogP contribution is 2.38. The molecule has 1 N–H and O–H groups in total. The molecule has 1 aromatic heterocycles. The van der Waals surface area contributed by atoms with E-state index in [9.17, 15) is 0 Å². The van der Waals surface area contributed by atoms with E-state index in [0.29, 0.717) is 0 Å². The first kappa shape index (κ1) is 19.0. The summed E-state index contributed by atoms with van der Waals surface area (Å²) >= 11 is 6.31. The first-order valence-corrected chi connectivity index (χ1v) is 10.9. The van der Waals surface area contributed by atoms with Crippen LogP contribution in [0, 0.1) is 0 Å². The molecule has 3 aromatic carbocycles. The molecule has 0 amide bonds. The number of nitrogens with zero attached hydrogens (tertiary/aromatic N) is 2. The van der Waals surface area contributed by atoms with E-state index in [2.05, 4.69) is 72.0 Å². The van der Waals surface area contributed by atoms with Gasteiger partial charge in [-0.2, -0.15) is 5.10 Å². The lowest BCUT2D eigenvalue weighted by molar-refractivity contribution is 0.754. The molecule has 0 radical (unpaired) electrons. The Bertz CT molecular complexity index is 1100. The minimum Gasteiger partial charge on any atom is -0.370 e. The van der Waals surface area contributed by atoms with Crippen LogP contribution in [-0.2, 0) is 6.42 Å². The average molecular weight is 414 g/mol. The summed E-state index contributed by atoms with van der Waals surface area (Å²) in [6.45, 7) is 0.958. The number of nitrogens with one attached hydrogen (secondary N) is 1. The van der Waals surface area contributed by atoms with Gasteiger partial charge in [0.25, 0.3) is 0 Å². The largest absolute Gasteiger partial charge is 0.370 e. The highest BCUT2D eigenvalue weighted by atomic mass is 35.5. The minimum atomic E-state index is 0.0847. The maximum atomic E-state index is 6.31. The second kappa shape index (κ2) is 8.37. The number of fused-ring (bicyclic) bond motifs is 1. The summed E-state index contributed by atoms with van der Waals surface area (Å²) in [7, 11) is 0. The molecule has 0 saturated heterocycles. The van der Waals surface area contributed by atoms with Gasteiger partial charge in [0.15, 0.2) is 0 Å². The van der Waals surface area contributed by atoms with E-state index >= 15 is 0 Å². The summed E-state index contributed by atoms with van der Waals surface area (Å²) in [5.74, 6) is 1.18. The molecule has 4 aromatic rings. The van der Waals surface area contributed by atoms with Gasteiger partial charge in [0.2, 0.25) is 0 Å². The van der Waals surface area contributed by atoms with Crippen molar-refractivity contribution >= 4 is 17.4 Å². The molecule has 1 aliphatic rings. The smallest absolute Gasteiger partial charge is 0.133 e.